The van der Waals surface area contributed by atoms with Gasteiger partial charge >= 0.3 is 0 Å². The molecule has 98 valence electrons. The average Bonchev–Trinajstić information content (AvgIpc) is 2.47. The fourth-order valence-corrected chi connectivity index (χ4v) is 2.20. The number of nitrogens with two attached hydrogens (primary N) is 1. The van der Waals surface area contributed by atoms with Crippen LogP contribution in [0, 0.1) is 11.6 Å². The second kappa shape index (κ2) is 4.89. The first-order valence-electron chi connectivity index (χ1n) is 5.75. The Kier molecular flexibility index (Phi) is 3.47. The van der Waals surface area contributed by atoms with E-state index in [1.807, 2.05) is 0 Å². The summed E-state index contributed by atoms with van der Waals surface area (Å²) in [7, 11) is 1.72. The highest BCUT2D eigenvalue weighted by Crippen LogP contribution is 2.34. The number of hydrogen-bond acceptors (Lipinski definition) is 3. The van der Waals surface area contributed by atoms with Gasteiger partial charge in [-0.3, -0.25) is 4.79 Å². The summed E-state index contributed by atoms with van der Waals surface area (Å²) in [6, 6.07) is 2.00. The molecule has 2 rings (SSSR count). The van der Waals surface area contributed by atoms with E-state index in [2.05, 4.69) is 0 Å². The van der Waals surface area contributed by atoms with Crippen molar-refractivity contribution >= 4 is 17.3 Å². The second-order valence-electron chi connectivity index (χ2n) is 4.28. The molecule has 1 aromatic carbocycles. The molecule has 4 nitrogen and oxygen atoms in total. The normalized spacial score (nSPS) is 15.3. The maximum Gasteiger partial charge on any atom is 0.240 e. The zero-order chi connectivity index (χ0) is 13.3. The van der Waals surface area contributed by atoms with Crippen LogP contribution >= 0.6 is 0 Å². The Balaban J connectivity index is 2.57. The molecule has 0 bridgehead atoms. The number of carbonyl (C=O) groups excluding carboxylic acids is 1. The van der Waals surface area contributed by atoms with Crippen molar-refractivity contribution in [1.82, 2.24) is 0 Å². The van der Waals surface area contributed by atoms with Crippen molar-refractivity contribution in [2.24, 2.45) is 5.73 Å². The Hall–Kier alpha value is -1.69. The van der Waals surface area contributed by atoms with Crippen molar-refractivity contribution in [3.05, 3.63) is 23.8 Å². The average molecular weight is 255 g/mol. The van der Waals surface area contributed by atoms with Gasteiger partial charge in [-0.05, 0) is 12.5 Å². The van der Waals surface area contributed by atoms with Crippen LogP contribution in [0.2, 0.25) is 0 Å². The van der Waals surface area contributed by atoms with Crippen LogP contribution in [-0.4, -0.2) is 32.6 Å². The molecule has 1 aliphatic rings. The highest BCUT2D eigenvalue weighted by molar-refractivity contribution is 5.98. The summed E-state index contributed by atoms with van der Waals surface area (Å²) in [5.74, 6) is -1.70. The Bertz CT molecular complexity index is 479. The Morgan fingerprint density at radius 1 is 1.39 bits per heavy atom. The molecular weight excluding hydrogens is 240 g/mol. The van der Waals surface area contributed by atoms with E-state index in [4.69, 9.17) is 5.73 Å². The molecule has 0 aliphatic carbocycles. The minimum absolute atomic E-state index is 0.179. The number of fused-ring (bicyclic) bond motifs is 1. The van der Waals surface area contributed by atoms with E-state index >= 15 is 0 Å². The van der Waals surface area contributed by atoms with Gasteiger partial charge < -0.3 is 15.5 Å². The SMILES string of the molecule is CN1CCCN(C(=O)CN)c2cc(F)cc(F)c21. The molecule has 1 aliphatic heterocycles. The van der Waals surface area contributed by atoms with Crippen molar-refractivity contribution in [2.45, 2.75) is 6.42 Å². The standard InChI is InChI=1S/C12H15F2N3O/c1-16-3-2-4-17(11(18)7-15)10-6-8(13)5-9(14)12(10)16/h5-6H,2-4,7,15H2,1H3. The smallest absolute Gasteiger partial charge is 0.240 e. The third-order valence-electron chi connectivity index (χ3n) is 3.03. The summed E-state index contributed by atoms with van der Waals surface area (Å²) >= 11 is 0. The van der Waals surface area contributed by atoms with E-state index in [9.17, 15) is 13.6 Å². The van der Waals surface area contributed by atoms with Crippen molar-refractivity contribution in [2.75, 3.05) is 36.5 Å². The molecule has 0 saturated carbocycles. The monoisotopic (exact) mass is 255 g/mol. The Morgan fingerprint density at radius 2 is 2.11 bits per heavy atom. The Morgan fingerprint density at radius 3 is 2.78 bits per heavy atom. The highest BCUT2D eigenvalue weighted by atomic mass is 19.1. The van der Waals surface area contributed by atoms with Crippen LogP contribution in [0.15, 0.2) is 12.1 Å². The molecule has 18 heavy (non-hydrogen) atoms. The molecule has 0 aromatic heterocycles. The number of amides is 1. The first kappa shape index (κ1) is 12.8. The van der Waals surface area contributed by atoms with E-state index in [1.165, 1.54) is 11.0 Å². The number of nitrogens with zero attached hydrogens (tertiary/aromatic N) is 2. The highest BCUT2D eigenvalue weighted by Gasteiger charge is 2.26. The minimum Gasteiger partial charge on any atom is -0.370 e. The van der Waals surface area contributed by atoms with Crippen LogP contribution in [0.1, 0.15) is 6.42 Å². The Labute approximate surface area is 104 Å². The van der Waals surface area contributed by atoms with E-state index in [1.54, 1.807) is 11.9 Å². The van der Waals surface area contributed by atoms with Gasteiger partial charge in [0.05, 0.1) is 17.9 Å². The van der Waals surface area contributed by atoms with Crippen molar-refractivity contribution < 1.29 is 13.6 Å². The summed E-state index contributed by atoms with van der Waals surface area (Å²) < 4.78 is 27.2. The number of halogens is 2. The molecule has 6 heteroatoms. The van der Waals surface area contributed by atoms with Crippen LogP contribution in [0.3, 0.4) is 0 Å². The largest absolute Gasteiger partial charge is 0.370 e. The zero-order valence-corrected chi connectivity index (χ0v) is 10.1. The number of anilines is 2. The zero-order valence-electron chi connectivity index (χ0n) is 10.1. The molecule has 0 unspecified atom stereocenters. The summed E-state index contributed by atoms with van der Waals surface area (Å²) in [5, 5.41) is 0. The molecule has 0 saturated heterocycles. The van der Waals surface area contributed by atoms with Gasteiger partial charge in [-0.15, -0.1) is 0 Å². The summed E-state index contributed by atoms with van der Waals surface area (Å²) in [4.78, 5) is 14.8. The second-order valence-corrected chi connectivity index (χ2v) is 4.28. The van der Waals surface area contributed by atoms with Gasteiger partial charge in [0, 0.05) is 26.2 Å². The lowest BCUT2D eigenvalue weighted by Gasteiger charge is -2.24. The van der Waals surface area contributed by atoms with Gasteiger partial charge in [0.25, 0.3) is 0 Å². The summed E-state index contributed by atoms with van der Waals surface area (Å²) in [6.45, 7) is 0.835. The third kappa shape index (κ3) is 2.15. The fraction of sp³-hybridized carbons (Fsp3) is 0.417. The fourth-order valence-electron chi connectivity index (χ4n) is 2.20. The third-order valence-corrected chi connectivity index (χ3v) is 3.03. The molecule has 0 spiro atoms. The number of benzene rings is 1. The van der Waals surface area contributed by atoms with E-state index < -0.39 is 11.6 Å². The maximum atomic E-state index is 13.9. The van der Waals surface area contributed by atoms with Gasteiger partial charge in [-0.25, -0.2) is 8.78 Å². The summed E-state index contributed by atoms with van der Waals surface area (Å²) in [5.41, 5.74) is 5.83. The predicted octanol–water partition coefficient (Wildman–Crippen LogP) is 1.10. The van der Waals surface area contributed by atoms with Crippen molar-refractivity contribution in [1.29, 1.82) is 0 Å². The van der Waals surface area contributed by atoms with E-state index in [0.717, 1.165) is 6.07 Å². The quantitative estimate of drug-likeness (QED) is 0.817. The number of hydrogen-bond donors (Lipinski definition) is 1. The molecule has 1 aromatic rings. The van der Waals surface area contributed by atoms with Gasteiger partial charge in [-0.2, -0.15) is 0 Å². The van der Waals surface area contributed by atoms with Crippen LogP contribution in [0.4, 0.5) is 20.2 Å². The van der Waals surface area contributed by atoms with E-state index in [0.29, 0.717) is 19.5 Å². The van der Waals surface area contributed by atoms with Crippen LogP contribution in [0.5, 0.6) is 0 Å². The lowest BCUT2D eigenvalue weighted by atomic mass is 10.2. The van der Waals surface area contributed by atoms with Crippen molar-refractivity contribution in [3.63, 3.8) is 0 Å². The van der Waals surface area contributed by atoms with Gasteiger partial charge in [0.1, 0.15) is 5.82 Å². The number of carbonyl (C=O) groups is 1. The van der Waals surface area contributed by atoms with Crippen molar-refractivity contribution in [3.8, 4) is 0 Å². The summed E-state index contributed by atoms with van der Waals surface area (Å²) in [6.07, 6.45) is 0.679. The first-order chi connectivity index (χ1) is 8.54. The first-order valence-corrected chi connectivity index (χ1v) is 5.75. The van der Waals surface area contributed by atoms with Gasteiger partial charge in [0.15, 0.2) is 5.82 Å². The van der Waals surface area contributed by atoms with Crippen LogP contribution in [-0.2, 0) is 4.79 Å². The van der Waals surface area contributed by atoms with Gasteiger partial charge in [-0.1, -0.05) is 0 Å². The molecule has 0 fully saturated rings. The molecule has 0 radical (unpaired) electrons. The molecule has 0 atom stereocenters. The van der Waals surface area contributed by atoms with E-state index in [-0.39, 0.29) is 23.8 Å². The topological polar surface area (TPSA) is 49.6 Å². The minimum atomic E-state index is -0.698. The molecular formula is C12H15F2N3O. The maximum absolute atomic E-state index is 13.9. The number of rotatable bonds is 1. The van der Waals surface area contributed by atoms with Crippen LogP contribution in [0.25, 0.3) is 0 Å². The lowest BCUT2D eigenvalue weighted by molar-refractivity contribution is -0.117. The lowest BCUT2D eigenvalue weighted by Crippen LogP contribution is -2.36. The molecule has 2 N–H and O–H groups in total. The predicted molar refractivity (Wildman–Crippen MR) is 65.7 cm³/mol. The molecule has 1 heterocycles. The van der Waals surface area contributed by atoms with Crippen LogP contribution < -0.4 is 15.5 Å². The molecule has 1 amide bonds. The van der Waals surface area contributed by atoms with Gasteiger partial charge in [0.2, 0.25) is 5.91 Å².